The number of benzene rings is 1. The summed E-state index contributed by atoms with van der Waals surface area (Å²) in [5.41, 5.74) is 1.66. The highest BCUT2D eigenvalue weighted by Crippen LogP contribution is 2.30. The molecule has 2 saturated heterocycles. The van der Waals surface area contributed by atoms with Gasteiger partial charge in [-0.05, 0) is 12.1 Å². The minimum atomic E-state index is -3.24. The van der Waals surface area contributed by atoms with Crippen LogP contribution >= 0.6 is 0 Å². The number of sulfonamides is 1. The Morgan fingerprint density at radius 3 is 2.51 bits per heavy atom. The number of phenolic OH excluding ortho intramolecular Hbond substituents is 1. The molecular formula is C22H27N7O5S. The molecule has 5 rings (SSSR count). The van der Waals surface area contributed by atoms with E-state index in [9.17, 15) is 18.3 Å². The highest BCUT2D eigenvalue weighted by Gasteiger charge is 2.27. The molecule has 1 N–H and O–H groups in total. The molecule has 35 heavy (non-hydrogen) atoms. The molecule has 0 aliphatic carbocycles. The summed E-state index contributed by atoms with van der Waals surface area (Å²) < 4.78 is 31.7. The highest BCUT2D eigenvalue weighted by molar-refractivity contribution is 7.88. The molecule has 0 atom stereocenters. The summed E-state index contributed by atoms with van der Waals surface area (Å²) in [6.07, 6.45) is 2.76. The van der Waals surface area contributed by atoms with E-state index in [1.54, 1.807) is 24.4 Å². The van der Waals surface area contributed by atoms with Crippen molar-refractivity contribution in [2.24, 2.45) is 0 Å². The van der Waals surface area contributed by atoms with E-state index >= 15 is 0 Å². The van der Waals surface area contributed by atoms with Crippen molar-refractivity contribution in [3.05, 3.63) is 30.5 Å². The first kappa shape index (κ1) is 23.6. The standard InChI is InChI=1S/C22H27N7O5S/c1-35(32,33)28-7-5-26(6-8-28)15-19(31)29-21-18(14-23-29)20(16-3-2-4-17(30)13-16)24-22(25-21)27-9-11-34-12-10-27/h2-4,13-14,30H,5-12,15H2,1H3. The van der Waals surface area contributed by atoms with Crippen molar-refractivity contribution in [3.8, 4) is 17.0 Å². The minimum absolute atomic E-state index is 0.0900. The van der Waals surface area contributed by atoms with Gasteiger partial charge in [-0.3, -0.25) is 9.69 Å². The number of morpholine rings is 1. The molecule has 0 bridgehead atoms. The first-order valence-corrected chi connectivity index (χ1v) is 13.2. The van der Waals surface area contributed by atoms with Gasteiger partial charge < -0.3 is 14.7 Å². The van der Waals surface area contributed by atoms with E-state index in [0.29, 0.717) is 80.7 Å². The average Bonchev–Trinajstić information content (AvgIpc) is 3.28. The van der Waals surface area contributed by atoms with Gasteiger partial charge in [0.25, 0.3) is 5.91 Å². The topological polar surface area (TPSA) is 134 Å². The fraction of sp³-hybridized carbons (Fsp3) is 0.455. The monoisotopic (exact) mass is 501 g/mol. The van der Waals surface area contributed by atoms with Gasteiger partial charge in [-0.2, -0.15) is 19.1 Å². The summed E-state index contributed by atoms with van der Waals surface area (Å²) in [6, 6.07) is 6.77. The number of ether oxygens (including phenoxy) is 1. The third-order valence-electron chi connectivity index (χ3n) is 6.23. The lowest BCUT2D eigenvalue weighted by Crippen LogP contribution is -2.50. The minimum Gasteiger partial charge on any atom is -0.508 e. The predicted molar refractivity (Wildman–Crippen MR) is 129 cm³/mol. The van der Waals surface area contributed by atoms with Crippen LogP contribution in [0.5, 0.6) is 5.75 Å². The molecule has 0 spiro atoms. The second kappa shape index (κ2) is 9.49. The summed E-state index contributed by atoms with van der Waals surface area (Å²) in [4.78, 5) is 26.6. The molecule has 13 heteroatoms. The molecule has 0 unspecified atom stereocenters. The SMILES string of the molecule is CS(=O)(=O)N1CCN(CC(=O)n2ncc3c(-c4cccc(O)c4)nc(N4CCOCC4)nc32)CC1. The lowest BCUT2D eigenvalue weighted by molar-refractivity contribution is 0.0809. The molecule has 0 saturated carbocycles. The predicted octanol–water partition coefficient (Wildman–Crippen LogP) is 0.253. The highest BCUT2D eigenvalue weighted by atomic mass is 32.2. The number of hydrogen-bond donors (Lipinski definition) is 1. The Morgan fingerprint density at radius 2 is 1.83 bits per heavy atom. The van der Waals surface area contributed by atoms with Crippen molar-refractivity contribution in [1.29, 1.82) is 0 Å². The maximum Gasteiger partial charge on any atom is 0.263 e. The Bertz CT molecular complexity index is 1350. The number of carbonyl (C=O) groups excluding carboxylic acids is 1. The van der Waals surface area contributed by atoms with Gasteiger partial charge in [0.1, 0.15) is 5.75 Å². The first-order valence-electron chi connectivity index (χ1n) is 11.4. The van der Waals surface area contributed by atoms with Gasteiger partial charge in [0.15, 0.2) is 5.65 Å². The van der Waals surface area contributed by atoms with Crippen LogP contribution in [-0.4, -0.2) is 114 Å². The number of rotatable bonds is 5. The van der Waals surface area contributed by atoms with Gasteiger partial charge in [0.2, 0.25) is 16.0 Å². The molecule has 2 aromatic heterocycles. The Labute approximate surface area is 202 Å². The van der Waals surface area contributed by atoms with Gasteiger partial charge >= 0.3 is 0 Å². The largest absolute Gasteiger partial charge is 0.508 e. The summed E-state index contributed by atoms with van der Waals surface area (Å²) in [6.45, 7) is 4.05. The van der Waals surface area contributed by atoms with Crippen LogP contribution in [0.1, 0.15) is 4.79 Å². The van der Waals surface area contributed by atoms with Crippen molar-refractivity contribution >= 4 is 32.9 Å². The lowest BCUT2D eigenvalue weighted by atomic mass is 10.1. The van der Waals surface area contributed by atoms with Crippen LogP contribution in [0.15, 0.2) is 30.5 Å². The van der Waals surface area contributed by atoms with Gasteiger partial charge in [-0.25, -0.2) is 13.4 Å². The quantitative estimate of drug-likeness (QED) is 0.519. The second-order valence-corrected chi connectivity index (χ2v) is 10.6. The molecule has 2 aliphatic heterocycles. The first-order chi connectivity index (χ1) is 16.8. The molecule has 0 radical (unpaired) electrons. The molecule has 4 heterocycles. The Morgan fingerprint density at radius 1 is 1.09 bits per heavy atom. The van der Waals surface area contributed by atoms with E-state index in [1.165, 1.54) is 15.2 Å². The van der Waals surface area contributed by atoms with Crippen molar-refractivity contribution in [2.75, 3.05) is 70.2 Å². The van der Waals surface area contributed by atoms with Gasteiger partial charge in [-0.15, -0.1) is 0 Å². The number of carbonyl (C=O) groups is 1. The Hall–Kier alpha value is -3.13. The molecule has 1 aromatic carbocycles. The van der Waals surface area contributed by atoms with Crippen LogP contribution in [-0.2, 0) is 14.8 Å². The van der Waals surface area contributed by atoms with E-state index in [0.717, 1.165) is 0 Å². The zero-order valence-corrected chi connectivity index (χ0v) is 20.2. The normalized spacial score (nSPS) is 18.3. The van der Waals surface area contributed by atoms with Gasteiger partial charge in [0.05, 0.1) is 43.3 Å². The summed E-state index contributed by atoms with van der Waals surface area (Å²) in [5, 5.41) is 15.0. The molecule has 186 valence electrons. The summed E-state index contributed by atoms with van der Waals surface area (Å²) >= 11 is 0. The third kappa shape index (κ3) is 4.98. The number of nitrogens with zero attached hydrogens (tertiary/aromatic N) is 7. The van der Waals surface area contributed by atoms with Gasteiger partial charge in [0, 0.05) is 44.8 Å². The van der Waals surface area contributed by atoms with Crippen molar-refractivity contribution in [2.45, 2.75) is 0 Å². The maximum atomic E-state index is 13.2. The zero-order chi connectivity index (χ0) is 24.6. The fourth-order valence-corrected chi connectivity index (χ4v) is 5.16. The fourth-order valence-electron chi connectivity index (χ4n) is 4.33. The number of piperazine rings is 1. The van der Waals surface area contributed by atoms with Crippen molar-refractivity contribution < 1.29 is 23.1 Å². The van der Waals surface area contributed by atoms with Crippen LogP contribution in [0.25, 0.3) is 22.3 Å². The molecule has 12 nitrogen and oxygen atoms in total. The zero-order valence-electron chi connectivity index (χ0n) is 19.4. The molecule has 2 aliphatic rings. The molecule has 0 amide bonds. The van der Waals surface area contributed by atoms with Gasteiger partial charge in [-0.1, -0.05) is 12.1 Å². The number of anilines is 1. The van der Waals surface area contributed by atoms with Crippen LogP contribution in [0.2, 0.25) is 0 Å². The van der Waals surface area contributed by atoms with E-state index in [-0.39, 0.29) is 18.2 Å². The number of fused-ring (bicyclic) bond motifs is 1. The second-order valence-electron chi connectivity index (χ2n) is 8.65. The Balaban J connectivity index is 1.47. The number of hydrogen-bond acceptors (Lipinski definition) is 10. The Kier molecular flexibility index (Phi) is 6.40. The van der Waals surface area contributed by atoms with Crippen LogP contribution in [0.3, 0.4) is 0 Å². The van der Waals surface area contributed by atoms with Crippen molar-refractivity contribution in [1.82, 2.24) is 29.0 Å². The number of aromatic nitrogens is 4. The summed E-state index contributed by atoms with van der Waals surface area (Å²) in [5.74, 6) is 0.315. The summed E-state index contributed by atoms with van der Waals surface area (Å²) in [7, 11) is -3.24. The van der Waals surface area contributed by atoms with E-state index in [2.05, 4.69) is 5.10 Å². The smallest absolute Gasteiger partial charge is 0.263 e. The average molecular weight is 502 g/mol. The van der Waals surface area contributed by atoms with E-state index in [4.69, 9.17) is 14.7 Å². The van der Waals surface area contributed by atoms with E-state index < -0.39 is 10.0 Å². The molecular weight excluding hydrogens is 474 g/mol. The van der Waals surface area contributed by atoms with Crippen LogP contribution < -0.4 is 4.90 Å². The number of aromatic hydroxyl groups is 1. The lowest BCUT2D eigenvalue weighted by Gasteiger charge is -2.32. The van der Waals surface area contributed by atoms with E-state index in [1.807, 2.05) is 15.9 Å². The molecule has 3 aromatic rings. The number of phenols is 1. The third-order valence-corrected chi connectivity index (χ3v) is 7.53. The maximum absolute atomic E-state index is 13.2. The van der Waals surface area contributed by atoms with Crippen LogP contribution in [0, 0.1) is 0 Å². The van der Waals surface area contributed by atoms with Crippen LogP contribution in [0.4, 0.5) is 5.95 Å². The molecule has 2 fully saturated rings. The van der Waals surface area contributed by atoms with Crippen molar-refractivity contribution in [3.63, 3.8) is 0 Å².